The first-order valence-electron chi connectivity index (χ1n) is 10.3. The summed E-state index contributed by atoms with van der Waals surface area (Å²) in [6, 6.07) is 6.28. The lowest BCUT2D eigenvalue weighted by Crippen LogP contribution is -2.28. The van der Waals surface area contributed by atoms with Crippen molar-refractivity contribution in [3.8, 4) is 0 Å². The van der Waals surface area contributed by atoms with Gasteiger partial charge in [-0.25, -0.2) is 4.79 Å². The maximum absolute atomic E-state index is 12.9. The molecule has 3 nitrogen and oxygen atoms in total. The highest BCUT2D eigenvalue weighted by Crippen LogP contribution is 2.35. The third kappa shape index (κ3) is 4.45. The fourth-order valence-electron chi connectivity index (χ4n) is 3.89. The second-order valence-electron chi connectivity index (χ2n) is 7.75. The molecule has 0 bridgehead atoms. The summed E-state index contributed by atoms with van der Waals surface area (Å²) < 4.78 is 7.74. The first-order valence-corrected chi connectivity index (χ1v) is 10.3. The number of carbonyl (C=O) groups is 1. The third-order valence-corrected chi connectivity index (χ3v) is 5.42. The molecule has 0 aliphatic heterocycles. The van der Waals surface area contributed by atoms with E-state index in [2.05, 4.69) is 70.4 Å². The summed E-state index contributed by atoms with van der Waals surface area (Å²) in [5.41, 5.74) is 6.43. The molecule has 0 aliphatic rings. The van der Waals surface area contributed by atoms with Gasteiger partial charge in [-0.2, -0.15) is 0 Å². The highest BCUT2D eigenvalue weighted by Gasteiger charge is 2.30. The molecule has 2 rings (SSSR count). The van der Waals surface area contributed by atoms with Crippen LogP contribution in [0.1, 0.15) is 70.8 Å². The van der Waals surface area contributed by atoms with Gasteiger partial charge in [0, 0.05) is 16.6 Å². The van der Waals surface area contributed by atoms with Crippen LogP contribution in [-0.2, 0) is 22.4 Å². The highest BCUT2D eigenvalue weighted by molar-refractivity contribution is 5.88. The number of fused-ring (bicyclic) bond motifs is 1. The Labute approximate surface area is 164 Å². The number of ether oxygens (including phenoxy) is 1. The number of aryl methyl sites for hydroxylation is 2. The Hall–Kier alpha value is -2.03. The van der Waals surface area contributed by atoms with Gasteiger partial charge in [0.1, 0.15) is 6.04 Å². The van der Waals surface area contributed by atoms with Crippen molar-refractivity contribution in [2.75, 3.05) is 6.61 Å². The van der Waals surface area contributed by atoms with Crippen molar-refractivity contribution < 1.29 is 9.53 Å². The molecule has 27 heavy (non-hydrogen) atoms. The van der Waals surface area contributed by atoms with Crippen molar-refractivity contribution >= 4 is 16.9 Å². The van der Waals surface area contributed by atoms with Crippen LogP contribution in [0.2, 0.25) is 0 Å². The number of rotatable bonds is 8. The number of carbonyl (C=O) groups excluding carboxylic acids is 1. The Morgan fingerprint density at radius 1 is 1.26 bits per heavy atom. The Morgan fingerprint density at radius 3 is 2.52 bits per heavy atom. The van der Waals surface area contributed by atoms with E-state index in [0.717, 1.165) is 24.8 Å². The molecule has 1 aromatic heterocycles. The molecule has 0 saturated carbocycles. The highest BCUT2D eigenvalue weighted by atomic mass is 16.5. The van der Waals surface area contributed by atoms with Crippen LogP contribution in [-0.4, -0.2) is 17.1 Å². The molecule has 2 aromatic rings. The summed E-state index contributed by atoms with van der Waals surface area (Å²) in [6.45, 7) is 15.1. The van der Waals surface area contributed by atoms with E-state index in [1.807, 2.05) is 6.92 Å². The molecule has 0 spiro atoms. The lowest BCUT2D eigenvalue weighted by molar-refractivity contribution is -0.148. The smallest absolute Gasteiger partial charge is 0.329 e. The van der Waals surface area contributed by atoms with Gasteiger partial charge < -0.3 is 9.30 Å². The molecule has 1 aromatic carbocycles. The molecule has 0 saturated heterocycles. The van der Waals surface area contributed by atoms with Crippen molar-refractivity contribution in [3.05, 3.63) is 46.7 Å². The number of hydrogen-bond donors (Lipinski definition) is 0. The predicted molar refractivity (Wildman–Crippen MR) is 114 cm³/mol. The number of allylic oxidation sites excluding steroid dienone is 2. The van der Waals surface area contributed by atoms with E-state index in [4.69, 9.17) is 4.74 Å². The Morgan fingerprint density at radius 2 is 1.96 bits per heavy atom. The van der Waals surface area contributed by atoms with Crippen LogP contribution in [0, 0.1) is 12.8 Å². The van der Waals surface area contributed by atoms with Gasteiger partial charge in [-0.3, -0.25) is 0 Å². The monoisotopic (exact) mass is 369 g/mol. The van der Waals surface area contributed by atoms with Crippen molar-refractivity contribution in [1.82, 2.24) is 4.57 Å². The SMILES string of the molecule is C/C=C(/C)CCc1c(CC)c2cc(C)ccc2n1C(C(=O)OCC)C(C)C. The normalized spacial score (nSPS) is 13.4. The largest absolute Gasteiger partial charge is 0.464 e. The van der Waals surface area contributed by atoms with Gasteiger partial charge >= 0.3 is 5.97 Å². The van der Waals surface area contributed by atoms with Crippen LogP contribution in [0.15, 0.2) is 29.8 Å². The number of nitrogens with zero attached hydrogens (tertiary/aromatic N) is 1. The van der Waals surface area contributed by atoms with E-state index >= 15 is 0 Å². The van der Waals surface area contributed by atoms with Crippen LogP contribution in [0.4, 0.5) is 0 Å². The van der Waals surface area contributed by atoms with Gasteiger partial charge in [0.25, 0.3) is 0 Å². The van der Waals surface area contributed by atoms with Crippen LogP contribution >= 0.6 is 0 Å². The summed E-state index contributed by atoms with van der Waals surface area (Å²) >= 11 is 0. The first kappa shape index (κ1) is 21.3. The Bertz CT molecular complexity index is 827. The Balaban J connectivity index is 2.74. The zero-order valence-electron chi connectivity index (χ0n) is 18.1. The summed E-state index contributed by atoms with van der Waals surface area (Å²) in [5, 5.41) is 1.28. The summed E-state index contributed by atoms with van der Waals surface area (Å²) in [4.78, 5) is 12.9. The lowest BCUT2D eigenvalue weighted by Gasteiger charge is -2.25. The first-order chi connectivity index (χ1) is 12.8. The van der Waals surface area contributed by atoms with E-state index < -0.39 is 0 Å². The molecule has 1 atom stereocenters. The Kier molecular flexibility index (Phi) is 7.29. The fourth-order valence-corrected chi connectivity index (χ4v) is 3.89. The fraction of sp³-hybridized carbons (Fsp3) is 0.542. The van der Waals surface area contributed by atoms with Crippen molar-refractivity contribution in [1.29, 1.82) is 0 Å². The topological polar surface area (TPSA) is 31.2 Å². The molecule has 0 fully saturated rings. The second kappa shape index (κ2) is 9.25. The van der Waals surface area contributed by atoms with Crippen molar-refractivity contribution in [3.63, 3.8) is 0 Å². The van der Waals surface area contributed by atoms with E-state index in [9.17, 15) is 4.79 Å². The average Bonchev–Trinajstić information content (AvgIpc) is 2.92. The van der Waals surface area contributed by atoms with Gasteiger partial charge in [-0.1, -0.05) is 44.1 Å². The quantitative estimate of drug-likeness (QED) is 0.411. The lowest BCUT2D eigenvalue weighted by atomic mass is 10.0. The molecule has 148 valence electrons. The van der Waals surface area contributed by atoms with Gasteiger partial charge in [0.2, 0.25) is 0 Å². The van der Waals surface area contributed by atoms with E-state index in [-0.39, 0.29) is 17.9 Å². The second-order valence-corrected chi connectivity index (χ2v) is 7.75. The van der Waals surface area contributed by atoms with Crippen LogP contribution in [0.5, 0.6) is 0 Å². The van der Waals surface area contributed by atoms with Gasteiger partial charge in [0.05, 0.1) is 6.61 Å². The minimum Gasteiger partial charge on any atom is -0.464 e. The molecule has 1 unspecified atom stereocenters. The maximum Gasteiger partial charge on any atom is 0.329 e. The van der Waals surface area contributed by atoms with E-state index in [0.29, 0.717) is 6.61 Å². The van der Waals surface area contributed by atoms with Gasteiger partial charge in [-0.05, 0) is 70.6 Å². The van der Waals surface area contributed by atoms with Crippen LogP contribution < -0.4 is 0 Å². The zero-order chi connectivity index (χ0) is 20.1. The molecule has 1 heterocycles. The molecule has 0 aliphatic carbocycles. The van der Waals surface area contributed by atoms with Gasteiger partial charge in [0.15, 0.2) is 0 Å². The third-order valence-electron chi connectivity index (χ3n) is 5.42. The van der Waals surface area contributed by atoms with E-state index in [1.165, 1.54) is 27.8 Å². The number of benzene rings is 1. The molecule has 0 amide bonds. The number of hydrogen-bond acceptors (Lipinski definition) is 2. The predicted octanol–water partition coefficient (Wildman–Crippen LogP) is 6.17. The molecule has 3 heteroatoms. The average molecular weight is 370 g/mol. The molecular weight excluding hydrogens is 334 g/mol. The van der Waals surface area contributed by atoms with Crippen molar-refractivity contribution in [2.45, 2.75) is 73.8 Å². The summed E-state index contributed by atoms with van der Waals surface area (Å²) in [6.07, 6.45) is 5.08. The van der Waals surface area contributed by atoms with E-state index in [1.54, 1.807) is 0 Å². The maximum atomic E-state index is 12.9. The summed E-state index contributed by atoms with van der Waals surface area (Å²) in [5.74, 6) is 0.0313. The van der Waals surface area contributed by atoms with Gasteiger partial charge in [-0.15, -0.1) is 0 Å². The number of aromatic nitrogens is 1. The molecule has 0 N–H and O–H groups in total. The van der Waals surface area contributed by atoms with Crippen molar-refractivity contribution in [2.24, 2.45) is 5.92 Å². The zero-order valence-corrected chi connectivity index (χ0v) is 18.1. The van der Waals surface area contributed by atoms with Crippen LogP contribution in [0.3, 0.4) is 0 Å². The summed E-state index contributed by atoms with van der Waals surface area (Å²) in [7, 11) is 0. The minimum absolute atomic E-state index is 0.128. The van der Waals surface area contributed by atoms with Crippen LogP contribution in [0.25, 0.3) is 10.9 Å². The number of esters is 1. The minimum atomic E-state index is -0.295. The molecular formula is C24H35NO2. The standard InChI is InChI=1S/C24H35NO2/c1-8-17(6)11-13-21-19(9-2)20-15-18(7)12-14-22(20)25(21)23(16(4)5)24(26)27-10-3/h8,12,14-16,23H,9-11,13H2,1-7H3/b17-8-. The molecule has 0 radical (unpaired) electrons.